The molecule has 0 spiro atoms. The minimum atomic E-state index is -0.245. The van der Waals surface area contributed by atoms with E-state index in [0.717, 1.165) is 22.6 Å². The van der Waals surface area contributed by atoms with Crippen LogP contribution in [0.15, 0.2) is 66.7 Å². The molecule has 0 aliphatic carbocycles. The van der Waals surface area contributed by atoms with E-state index in [4.69, 9.17) is 4.74 Å². The van der Waals surface area contributed by atoms with Crippen molar-refractivity contribution in [1.29, 1.82) is 0 Å². The summed E-state index contributed by atoms with van der Waals surface area (Å²) in [6, 6.07) is 20.7. The normalized spacial score (nSPS) is 10.5. The first-order chi connectivity index (χ1) is 12.1. The first-order valence-electron chi connectivity index (χ1n) is 8.38. The number of benzene rings is 3. The summed E-state index contributed by atoms with van der Waals surface area (Å²) in [6.45, 7) is 5.23. The van der Waals surface area contributed by atoms with Crippen molar-refractivity contribution >= 4 is 5.69 Å². The van der Waals surface area contributed by atoms with Crippen LogP contribution < -0.4 is 10.1 Å². The zero-order chi connectivity index (χ0) is 17.6. The molecule has 3 aromatic carbocycles. The monoisotopic (exact) mass is 335 g/mol. The number of nitrogens with one attached hydrogen (secondary N) is 1. The smallest absolute Gasteiger partial charge is 0.124 e. The van der Waals surface area contributed by atoms with Crippen molar-refractivity contribution in [2.75, 3.05) is 5.32 Å². The number of para-hydroxylation sites is 1. The van der Waals surface area contributed by atoms with Crippen LogP contribution in [0.1, 0.15) is 22.3 Å². The van der Waals surface area contributed by atoms with Gasteiger partial charge < -0.3 is 10.1 Å². The first-order valence-corrected chi connectivity index (χ1v) is 8.38. The predicted octanol–water partition coefficient (Wildman–Crippen LogP) is 5.63. The Bertz CT molecular complexity index is 860. The second-order valence-corrected chi connectivity index (χ2v) is 6.18. The molecule has 0 bridgehead atoms. The molecule has 0 amide bonds. The van der Waals surface area contributed by atoms with Crippen LogP contribution in [0.3, 0.4) is 0 Å². The fourth-order valence-electron chi connectivity index (χ4n) is 2.63. The van der Waals surface area contributed by atoms with E-state index in [-0.39, 0.29) is 5.82 Å². The van der Waals surface area contributed by atoms with Crippen LogP contribution in [0, 0.1) is 19.7 Å². The molecule has 0 aliphatic rings. The summed E-state index contributed by atoms with van der Waals surface area (Å²) in [6.07, 6.45) is 0. The van der Waals surface area contributed by atoms with Gasteiger partial charge in [0.2, 0.25) is 0 Å². The van der Waals surface area contributed by atoms with Gasteiger partial charge in [0.05, 0.1) is 0 Å². The maximum atomic E-state index is 13.3. The highest BCUT2D eigenvalue weighted by Gasteiger charge is 2.05. The van der Waals surface area contributed by atoms with Crippen LogP contribution in [-0.4, -0.2) is 0 Å². The third-order valence-corrected chi connectivity index (χ3v) is 4.25. The van der Waals surface area contributed by atoms with Gasteiger partial charge in [-0.1, -0.05) is 36.4 Å². The van der Waals surface area contributed by atoms with E-state index < -0.39 is 0 Å². The van der Waals surface area contributed by atoms with Crippen LogP contribution in [0.5, 0.6) is 5.75 Å². The lowest BCUT2D eigenvalue weighted by atomic mass is 10.1. The lowest BCUT2D eigenvalue weighted by molar-refractivity contribution is 0.302. The summed E-state index contributed by atoms with van der Waals surface area (Å²) in [7, 11) is 0. The quantitative estimate of drug-likeness (QED) is 0.630. The topological polar surface area (TPSA) is 21.3 Å². The Morgan fingerprint density at radius 1 is 0.880 bits per heavy atom. The molecule has 0 saturated heterocycles. The first kappa shape index (κ1) is 17.0. The highest BCUT2D eigenvalue weighted by molar-refractivity contribution is 5.49. The summed E-state index contributed by atoms with van der Waals surface area (Å²) in [5, 5.41) is 3.44. The molecular weight excluding hydrogens is 313 g/mol. The minimum absolute atomic E-state index is 0.245. The van der Waals surface area contributed by atoms with Crippen molar-refractivity contribution in [3.8, 4) is 5.75 Å². The van der Waals surface area contributed by atoms with Gasteiger partial charge >= 0.3 is 0 Å². The summed E-state index contributed by atoms with van der Waals surface area (Å²) in [4.78, 5) is 0. The zero-order valence-corrected chi connectivity index (χ0v) is 14.6. The molecular formula is C22H22FNO. The summed E-state index contributed by atoms with van der Waals surface area (Å²) in [5.74, 6) is 0.564. The molecule has 3 rings (SSSR count). The summed E-state index contributed by atoms with van der Waals surface area (Å²) in [5.41, 5.74) is 5.52. The lowest BCUT2D eigenvalue weighted by Crippen LogP contribution is -2.04. The van der Waals surface area contributed by atoms with Gasteiger partial charge in [0.1, 0.15) is 18.2 Å². The third-order valence-electron chi connectivity index (χ3n) is 4.25. The molecule has 3 heteroatoms. The van der Waals surface area contributed by atoms with Gasteiger partial charge in [-0.25, -0.2) is 4.39 Å². The molecule has 0 heterocycles. The van der Waals surface area contributed by atoms with Crippen LogP contribution in [0.4, 0.5) is 10.1 Å². The molecule has 3 aromatic rings. The van der Waals surface area contributed by atoms with Crippen LogP contribution in [0.25, 0.3) is 0 Å². The van der Waals surface area contributed by atoms with Gasteiger partial charge in [0.25, 0.3) is 0 Å². The minimum Gasteiger partial charge on any atom is -0.489 e. The van der Waals surface area contributed by atoms with Gasteiger partial charge in [-0.05, 0) is 60.9 Å². The van der Waals surface area contributed by atoms with E-state index in [1.807, 2.05) is 30.3 Å². The van der Waals surface area contributed by atoms with Gasteiger partial charge in [-0.3, -0.25) is 0 Å². The Morgan fingerprint density at radius 2 is 1.72 bits per heavy atom. The average Bonchev–Trinajstić information content (AvgIpc) is 2.62. The molecule has 0 aliphatic heterocycles. The predicted molar refractivity (Wildman–Crippen MR) is 100 cm³/mol. The second kappa shape index (κ2) is 7.84. The number of halogens is 1. The van der Waals surface area contributed by atoms with Crippen LogP contribution in [-0.2, 0) is 13.2 Å². The summed E-state index contributed by atoms with van der Waals surface area (Å²) < 4.78 is 19.2. The van der Waals surface area contributed by atoms with Crippen molar-refractivity contribution in [1.82, 2.24) is 0 Å². The Morgan fingerprint density at radius 3 is 2.52 bits per heavy atom. The Labute approximate surface area is 148 Å². The fourth-order valence-corrected chi connectivity index (χ4v) is 2.63. The Kier molecular flexibility index (Phi) is 5.34. The number of hydrogen-bond acceptors (Lipinski definition) is 2. The molecule has 0 radical (unpaired) electrons. The molecule has 128 valence electrons. The lowest BCUT2D eigenvalue weighted by Gasteiger charge is -2.13. The van der Waals surface area contributed by atoms with Crippen molar-refractivity contribution in [3.05, 3.63) is 94.8 Å². The standard InChI is InChI=1S/C22H22FNO/c1-16-10-11-21(12-17(16)2)24-14-19-7-3-4-9-22(19)25-15-18-6-5-8-20(23)13-18/h3-13,24H,14-15H2,1-2H3. The van der Waals surface area contributed by atoms with E-state index in [0.29, 0.717) is 13.2 Å². The molecule has 0 aromatic heterocycles. The van der Waals surface area contributed by atoms with Crippen molar-refractivity contribution in [2.45, 2.75) is 27.0 Å². The van der Waals surface area contributed by atoms with Gasteiger partial charge in [0.15, 0.2) is 0 Å². The van der Waals surface area contributed by atoms with E-state index in [1.54, 1.807) is 6.07 Å². The summed E-state index contributed by atoms with van der Waals surface area (Å²) >= 11 is 0. The third kappa shape index (κ3) is 4.60. The molecule has 0 fully saturated rings. The zero-order valence-electron chi connectivity index (χ0n) is 14.6. The Balaban J connectivity index is 1.67. The molecule has 1 N–H and O–H groups in total. The maximum absolute atomic E-state index is 13.3. The number of rotatable bonds is 6. The Hall–Kier alpha value is -2.81. The van der Waals surface area contributed by atoms with Gasteiger partial charge in [-0.15, -0.1) is 0 Å². The molecule has 0 unspecified atom stereocenters. The van der Waals surface area contributed by atoms with Crippen LogP contribution in [0.2, 0.25) is 0 Å². The van der Waals surface area contributed by atoms with Gasteiger partial charge in [0, 0.05) is 17.8 Å². The average molecular weight is 335 g/mol. The molecule has 2 nitrogen and oxygen atoms in total. The largest absolute Gasteiger partial charge is 0.489 e. The molecule has 0 atom stereocenters. The van der Waals surface area contributed by atoms with E-state index in [1.165, 1.54) is 23.3 Å². The SMILES string of the molecule is Cc1ccc(NCc2ccccc2OCc2cccc(F)c2)cc1C. The fraction of sp³-hybridized carbons (Fsp3) is 0.182. The maximum Gasteiger partial charge on any atom is 0.124 e. The van der Waals surface area contributed by atoms with Crippen LogP contribution >= 0.6 is 0 Å². The van der Waals surface area contributed by atoms with E-state index in [2.05, 4.69) is 37.4 Å². The van der Waals surface area contributed by atoms with E-state index in [9.17, 15) is 4.39 Å². The van der Waals surface area contributed by atoms with Crippen molar-refractivity contribution in [2.24, 2.45) is 0 Å². The van der Waals surface area contributed by atoms with E-state index >= 15 is 0 Å². The number of hydrogen-bond donors (Lipinski definition) is 1. The van der Waals surface area contributed by atoms with Crippen molar-refractivity contribution < 1.29 is 9.13 Å². The highest BCUT2D eigenvalue weighted by Crippen LogP contribution is 2.22. The van der Waals surface area contributed by atoms with Gasteiger partial charge in [-0.2, -0.15) is 0 Å². The highest BCUT2D eigenvalue weighted by atomic mass is 19.1. The number of ether oxygens (including phenoxy) is 1. The molecule has 25 heavy (non-hydrogen) atoms. The number of aryl methyl sites for hydroxylation is 2. The molecule has 0 saturated carbocycles. The number of anilines is 1. The second-order valence-electron chi connectivity index (χ2n) is 6.18. The van der Waals surface area contributed by atoms with Crippen molar-refractivity contribution in [3.63, 3.8) is 0 Å².